The van der Waals surface area contributed by atoms with Crippen LogP contribution in [0.5, 0.6) is 5.75 Å². The molecule has 1 unspecified atom stereocenters. The second kappa shape index (κ2) is 9.52. The number of morpholine rings is 1. The number of benzene rings is 2. The Balaban J connectivity index is 1.45. The monoisotopic (exact) mass is 474 g/mol. The Kier molecular flexibility index (Phi) is 4.36. The van der Waals surface area contributed by atoms with Crippen LogP contribution in [0.2, 0.25) is 0 Å². The summed E-state index contributed by atoms with van der Waals surface area (Å²) in [5.41, 5.74) is 0.0551. The lowest BCUT2D eigenvalue weighted by molar-refractivity contribution is -0.136. The van der Waals surface area contributed by atoms with Crippen LogP contribution in [0.25, 0.3) is 0 Å². The summed E-state index contributed by atoms with van der Waals surface area (Å²) in [4.78, 5) is 40.8. The van der Waals surface area contributed by atoms with Gasteiger partial charge in [0.1, 0.15) is 24.2 Å². The predicted octanol–water partition coefficient (Wildman–Crippen LogP) is 2.00. The average molecular weight is 475 g/mol. The fourth-order valence-electron chi connectivity index (χ4n) is 4.11. The third-order valence-electron chi connectivity index (χ3n) is 5.89. The molecule has 1 N–H and O–H groups in total. The van der Waals surface area contributed by atoms with E-state index in [1.54, 1.807) is 17.4 Å². The Morgan fingerprint density at radius 3 is 2.82 bits per heavy atom. The van der Waals surface area contributed by atoms with Crippen LogP contribution >= 0.6 is 0 Å². The van der Waals surface area contributed by atoms with Crippen LogP contribution < -0.4 is 10.1 Å². The van der Waals surface area contributed by atoms with Crippen LogP contribution in [0.1, 0.15) is 49.4 Å². The van der Waals surface area contributed by atoms with Crippen molar-refractivity contribution in [3.63, 3.8) is 0 Å². The molecule has 0 radical (unpaired) electrons. The Morgan fingerprint density at radius 2 is 2.00 bits per heavy atom. The van der Waals surface area contributed by atoms with Crippen LogP contribution in [0.4, 0.5) is 4.39 Å². The minimum atomic E-state index is -3.17. The molecule has 34 heavy (non-hydrogen) atoms. The number of fused-ring (bicyclic) bond motifs is 1. The predicted molar refractivity (Wildman–Crippen MR) is 119 cm³/mol. The van der Waals surface area contributed by atoms with Gasteiger partial charge in [0.15, 0.2) is 0 Å². The molecule has 0 saturated carbocycles. The highest BCUT2D eigenvalue weighted by Gasteiger charge is 2.40. The van der Waals surface area contributed by atoms with E-state index in [4.69, 9.17) is 19.1 Å². The van der Waals surface area contributed by atoms with Gasteiger partial charge < -0.3 is 14.4 Å². The highest BCUT2D eigenvalue weighted by atomic mass is 19.1. The van der Waals surface area contributed by atoms with Crippen molar-refractivity contribution in [1.82, 2.24) is 15.1 Å². The van der Waals surface area contributed by atoms with Gasteiger partial charge in [-0.25, -0.2) is 4.39 Å². The van der Waals surface area contributed by atoms with Crippen molar-refractivity contribution >= 4 is 17.7 Å². The van der Waals surface area contributed by atoms with Gasteiger partial charge in [-0.15, -0.1) is 0 Å². The van der Waals surface area contributed by atoms with E-state index in [0.717, 1.165) is 0 Å². The van der Waals surface area contributed by atoms with Gasteiger partial charge in [0.05, 0.1) is 23.9 Å². The van der Waals surface area contributed by atoms with E-state index in [2.05, 4.69) is 0 Å². The summed E-state index contributed by atoms with van der Waals surface area (Å²) in [6, 6.07) is 0.796. The summed E-state index contributed by atoms with van der Waals surface area (Å²) < 4.78 is 83.6. The standard InChI is InChI=1S/C25H26FN3O5/c26-23-16(13-28-9-11-33-12-10-28)3-1-4-17(23)15-34-21-6-2-5-18-19(21)14-29(25(18)32)20-7-8-22(30)27-24(20)31/h1-6,20H,7-15H2,(H,27,30,31)/i2D,5D,6D,7D2,8D2. The molecule has 1 atom stereocenters. The van der Waals surface area contributed by atoms with Gasteiger partial charge in [-0.05, 0) is 18.5 Å². The minimum absolute atomic E-state index is 0.0908. The van der Waals surface area contributed by atoms with E-state index in [1.165, 1.54) is 6.07 Å². The zero-order valence-corrected chi connectivity index (χ0v) is 18.1. The SMILES string of the molecule is [2H]c1c([2H])c(OCc2cccc(CN3CCOCC3)c2F)c2c(c1[2H])C(=O)N(C1C(=O)NC(=O)C([2H])([2H])C1([2H])[2H])C2. The summed E-state index contributed by atoms with van der Waals surface area (Å²) in [6.45, 7) is 1.77. The third-order valence-corrected chi connectivity index (χ3v) is 5.89. The number of halogens is 1. The van der Waals surface area contributed by atoms with Crippen LogP contribution in [0, 0.1) is 5.82 Å². The highest BCUT2D eigenvalue weighted by molar-refractivity contribution is 6.05. The number of amides is 3. The van der Waals surface area contributed by atoms with Crippen molar-refractivity contribution in [2.24, 2.45) is 0 Å². The summed E-state index contributed by atoms with van der Waals surface area (Å²) in [5, 5.41) is 1.75. The van der Waals surface area contributed by atoms with Crippen molar-refractivity contribution in [2.75, 3.05) is 26.3 Å². The third kappa shape index (κ3) is 4.41. The maximum absolute atomic E-state index is 15.4. The van der Waals surface area contributed by atoms with Crippen LogP contribution in [0.3, 0.4) is 0 Å². The second-order valence-electron chi connectivity index (χ2n) is 8.05. The lowest BCUT2D eigenvalue weighted by Gasteiger charge is -2.29. The number of hydrogen-bond donors (Lipinski definition) is 1. The molecule has 3 amide bonds. The van der Waals surface area contributed by atoms with Crippen LogP contribution in [-0.4, -0.2) is 59.9 Å². The first-order chi connectivity index (χ1) is 19.3. The molecule has 5 rings (SSSR count). The lowest BCUT2D eigenvalue weighted by Crippen LogP contribution is -2.52. The van der Waals surface area contributed by atoms with Crippen molar-refractivity contribution < 1.29 is 37.8 Å². The van der Waals surface area contributed by atoms with E-state index in [1.807, 2.05) is 4.90 Å². The molecule has 178 valence electrons. The maximum Gasteiger partial charge on any atom is 0.255 e. The number of nitrogens with one attached hydrogen (secondary N) is 1. The molecule has 2 aromatic rings. The Bertz CT molecular complexity index is 1450. The Morgan fingerprint density at radius 1 is 1.21 bits per heavy atom. The fraction of sp³-hybridized carbons (Fsp3) is 0.400. The van der Waals surface area contributed by atoms with Crippen molar-refractivity contribution in [3.05, 3.63) is 64.4 Å². The minimum Gasteiger partial charge on any atom is -0.488 e. The highest BCUT2D eigenvalue weighted by Crippen LogP contribution is 2.34. The lowest BCUT2D eigenvalue weighted by atomic mass is 10.0. The van der Waals surface area contributed by atoms with Gasteiger partial charge in [0.25, 0.3) is 5.91 Å². The molecule has 3 aliphatic rings. The molecular formula is C25H26FN3O5. The van der Waals surface area contributed by atoms with Gasteiger partial charge >= 0.3 is 0 Å². The van der Waals surface area contributed by atoms with Crippen molar-refractivity contribution in [2.45, 2.75) is 38.5 Å². The molecule has 0 aliphatic carbocycles. The quantitative estimate of drug-likeness (QED) is 0.645. The average Bonchev–Trinajstić information content (AvgIpc) is 3.25. The van der Waals surface area contributed by atoms with Gasteiger partial charge in [-0.2, -0.15) is 0 Å². The number of imide groups is 1. The molecule has 3 aliphatic heterocycles. The summed E-state index contributed by atoms with van der Waals surface area (Å²) in [6.07, 6.45) is -6.32. The number of hydrogen-bond acceptors (Lipinski definition) is 6. The van der Waals surface area contributed by atoms with Gasteiger partial charge in [-0.1, -0.05) is 24.2 Å². The zero-order chi connectivity index (χ0) is 29.9. The van der Waals surface area contributed by atoms with E-state index >= 15 is 4.39 Å². The molecule has 2 fully saturated rings. The normalized spacial score (nSPS) is 26.9. The van der Waals surface area contributed by atoms with Crippen LogP contribution in [-0.2, 0) is 34.0 Å². The maximum atomic E-state index is 15.4. The number of ether oxygens (including phenoxy) is 2. The number of piperidine rings is 1. The van der Waals surface area contributed by atoms with Gasteiger partial charge in [-0.3, -0.25) is 24.6 Å². The number of nitrogens with zero attached hydrogens (tertiary/aromatic N) is 2. The van der Waals surface area contributed by atoms with E-state index < -0.39 is 79.2 Å². The number of carbonyl (C=O) groups excluding carboxylic acids is 3. The molecule has 0 bridgehead atoms. The van der Waals surface area contributed by atoms with Crippen molar-refractivity contribution in [3.8, 4) is 5.75 Å². The molecular weight excluding hydrogens is 441 g/mol. The van der Waals surface area contributed by atoms with Crippen LogP contribution in [0.15, 0.2) is 36.3 Å². The van der Waals surface area contributed by atoms with E-state index in [0.29, 0.717) is 43.3 Å². The number of carbonyl (C=O) groups is 3. The fourth-order valence-corrected chi connectivity index (χ4v) is 4.11. The number of rotatable bonds is 6. The molecule has 0 spiro atoms. The largest absolute Gasteiger partial charge is 0.488 e. The Labute approximate surface area is 206 Å². The van der Waals surface area contributed by atoms with E-state index in [9.17, 15) is 14.4 Å². The molecule has 2 aromatic carbocycles. The summed E-state index contributed by atoms with van der Waals surface area (Å²) >= 11 is 0. The molecule has 0 aromatic heterocycles. The first-order valence-electron chi connectivity index (χ1n) is 14.3. The zero-order valence-electron chi connectivity index (χ0n) is 25.1. The van der Waals surface area contributed by atoms with E-state index in [-0.39, 0.29) is 16.9 Å². The first kappa shape index (κ1) is 15.6. The Hall–Kier alpha value is -3.30. The molecule has 8 nitrogen and oxygen atoms in total. The summed E-state index contributed by atoms with van der Waals surface area (Å²) in [7, 11) is 0. The van der Waals surface area contributed by atoms with Crippen molar-refractivity contribution in [1.29, 1.82) is 0 Å². The molecule has 9 heteroatoms. The second-order valence-corrected chi connectivity index (χ2v) is 8.05. The summed E-state index contributed by atoms with van der Waals surface area (Å²) in [5.74, 6) is -4.64. The van der Waals surface area contributed by atoms with Gasteiger partial charge in [0, 0.05) is 53.7 Å². The smallest absolute Gasteiger partial charge is 0.255 e. The first-order valence-corrected chi connectivity index (χ1v) is 10.8. The molecule has 2 saturated heterocycles. The topological polar surface area (TPSA) is 88.2 Å². The van der Waals surface area contributed by atoms with Gasteiger partial charge in [0.2, 0.25) is 11.8 Å². The molecule has 3 heterocycles.